The smallest absolute Gasteiger partial charge is 0.295 e. The summed E-state index contributed by atoms with van der Waals surface area (Å²) in [4.78, 5) is 0. The molecule has 0 unspecified atom stereocenters. The summed E-state index contributed by atoms with van der Waals surface area (Å²) in [6, 6.07) is 34.2. The summed E-state index contributed by atoms with van der Waals surface area (Å²) in [6.45, 7) is 0.843. The summed E-state index contributed by atoms with van der Waals surface area (Å²) in [5.41, 5.74) is 7.47. The number of fused-ring (bicyclic) bond motifs is 1. The standard InChI is InChI=1S/C26H21N2.BrH/c1-4-10-21(11-5-1)20-28-19-18-27-17-16-24(22-12-6-2-7-13-22)25(26(27)28)23-14-8-3-9-15-23;/h1-19H,20H2;1H/q+1;/p-1. The molecule has 5 aromatic rings. The first-order valence-electron chi connectivity index (χ1n) is 9.58. The topological polar surface area (TPSA) is 8.29 Å². The van der Waals surface area contributed by atoms with Crippen LogP contribution in [0.4, 0.5) is 0 Å². The van der Waals surface area contributed by atoms with Crippen molar-refractivity contribution in [2.75, 3.05) is 0 Å². The molecule has 3 heteroatoms. The van der Waals surface area contributed by atoms with Crippen LogP contribution in [0.2, 0.25) is 0 Å². The van der Waals surface area contributed by atoms with Crippen molar-refractivity contribution in [3.63, 3.8) is 0 Å². The number of rotatable bonds is 4. The third-order valence-electron chi connectivity index (χ3n) is 5.16. The lowest BCUT2D eigenvalue weighted by Gasteiger charge is -2.11. The lowest BCUT2D eigenvalue weighted by atomic mass is 9.96. The van der Waals surface area contributed by atoms with Crippen molar-refractivity contribution in [1.29, 1.82) is 0 Å². The van der Waals surface area contributed by atoms with Gasteiger partial charge in [0, 0.05) is 5.56 Å². The molecule has 0 saturated heterocycles. The Morgan fingerprint density at radius 3 is 1.86 bits per heavy atom. The Kier molecular flexibility index (Phi) is 5.59. The predicted molar refractivity (Wildman–Crippen MR) is 114 cm³/mol. The first-order valence-corrected chi connectivity index (χ1v) is 9.58. The molecule has 0 aliphatic carbocycles. The Morgan fingerprint density at radius 2 is 1.21 bits per heavy atom. The molecule has 0 amide bonds. The number of hydrogen-bond acceptors (Lipinski definition) is 0. The van der Waals surface area contributed by atoms with Crippen molar-refractivity contribution >= 4 is 5.65 Å². The zero-order chi connectivity index (χ0) is 18.8. The molecule has 2 aromatic heterocycles. The summed E-state index contributed by atoms with van der Waals surface area (Å²) >= 11 is 0. The van der Waals surface area contributed by atoms with E-state index in [0.717, 1.165) is 6.54 Å². The third kappa shape index (κ3) is 3.74. The molecule has 0 spiro atoms. The Balaban J connectivity index is 0.00000205. The van der Waals surface area contributed by atoms with Gasteiger partial charge in [0.25, 0.3) is 5.65 Å². The second kappa shape index (κ2) is 8.46. The van der Waals surface area contributed by atoms with Gasteiger partial charge in [-0.25, -0.2) is 8.97 Å². The van der Waals surface area contributed by atoms with Crippen LogP contribution in [-0.4, -0.2) is 4.40 Å². The number of hydrogen-bond donors (Lipinski definition) is 0. The van der Waals surface area contributed by atoms with Gasteiger partial charge in [0.05, 0.1) is 11.8 Å². The van der Waals surface area contributed by atoms with Crippen molar-refractivity contribution in [3.8, 4) is 22.3 Å². The van der Waals surface area contributed by atoms with Crippen LogP contribution in [0, 0.1) is 0 Å². The summed E-state index contributed by atoms with van der Waals surface area (Å²) < 4.78 is 4.56. The van der Waals surface area contributed by atoms with Crippen LogP contribution in [0.15, 0.2) is 116 Å². The molecule has 0 bridgehead atoms. The molecule has 0 fully saturated rings. The minimum absolute atomic E-state index is 0. The summed E-state index contributed by atoms with van der Waals surface area (Å²) in [7, 11) is 0. The fraction of sp³-hybridized carbons (Fsp3) is 0.0385. The average molecular weight is 441 g/mol. The van der Waals surface area contributed by atoms with Gasteiger partial charge in [-0.15, -0.1) is 0 Å². The lowest BCUT2D eigenvalue weighted by molar-refractivity contribution is -0.661. The summed E-state index contributed by atoms with van der Waals surface area (Å²) in [5, 5.41) is 0. The second-order valence-corrected chi connectivity index (χ2v) is 6.98. The zero-order valence-electron chi connectivity index (χ0n) is 15.9. The highest BCUT2D eigenvalue weighted by molar-refractivity contribution is 5.90. The van der Waals surface area contributed by atoms with E-state index in [1.165, 1.54) is 33.5 Å². The largest absolute Gasteiger partial charge is 1.00 e. The van der Waals surface area contributed by atoms with Gasteiger partial charge in [0.2, 0.25) is 0 Å². The first kappa shape index (κ1) is 19.2. The van der Waals surface area contributed by atoms with E-state index >= 15 is 0 Å². The van der Waals surface area contributed by atoms with E-state index in [4.69, 9.17) is 0 Å². The molecule has 0 N–H and O–H groups in total. The predicted octanol–water partition coefficient (Wildman–Crippen LogP) is 2.61. The fourth-order valence-electron chi connectivity index (χ4n) is 3.85. The van der Waals surface area contributed by atoms with Gasteiger partial charge in [-0.3, -0.25) is 0 Å². The number of pyridine rings is 1. The molecule has 0 atom stereocenters. The van der Waals surface area contributed by atoms with Crippen LogP contribution in [0.5, 0.6) is 0 Å². The SMILES string of the molecule is [Br-].c1ccc(C[n+]2ccn3ccc(-c4ccccc4)c(-c4ccccc4)c32)cc1. The van der Waals surface area contributed by atoms with Gasteiger partial charge in [0.15, 0.2) is 0 Å². The highest BCUT2D eigenvalue weighted by Gasteiger charge is 2.21. The Bertz CT molecular complexity index is 1210. The molecule has 0 aliphatic rings. The normalized spacial score (nSPS) is 10.6. The van der Waals surface area contributed by atoms with Crippen molar-refractivity contribution in [2.45, 2.75) is 6.54 Å². The minimum atomic E-state index is 0. The minimum Gasteiger partial charge on any atom is -1.00 e. The molecule has 29 heavy (non-hydrogen) atoms. The maximum absolute atomic E-state index is 2.34. The fourth-order valence-corrected chi connectivity index (χ4v) is 3.85. The number of benzene rings is 3. The Labute approximate surface area is 181 Å². The van der Waals surface area contributed by atoms with Gasteiger partial charge in [0.1, 0.15) is 18.9 Å². The van der Waals surface area contributed by atoms with E-state index < -0.39 is 0 Å². The number of aromatic nitrogens is 2. The van der Waals surface area contributed by atoms with Crippen molar-refractivity contribution < 1.29 is 21.5 Å². The average Bonchev–Trinajstić information content (AvgIpc) is 3.18. The number of nitrogens with zero attached hydrogens (tertiary/aromatic N) is 2. The highest BCUT2D eigenvalue weighted by atomic mass is 79.9. The molecular formula is C26H21BrN2. The maximum atomic E-state index is 2.34. The molecule has 2 heterocycles. The molecule has 2 nitrogen and oxygen atoms in total. The molecule has 0 radical (unpaired) electrons. The number of imidazole rings is 1. The van der Waals surface area contributed by atoms with Crippen molar-refractivity contribution in [1.82, 2.24) is 4.40 Å². The van der Waals surface area contributed by atoms with Gasteiger partial charge in [-0.05, 0) is 22.8 Å². The maximum Gasteiger partial charge on any atom is 0.295 e. The summed E-state index contributed by atoms with van der Waals surface area (Å²) in [5.74, 6) is 0. The van der Waals surface area contributed by atoms with E-state index in [2.05, 4.69) is 125 Å². The molecule has 5 rings (SSSR count). The van der Waals surface area contributed by atoms with E-state index in [1.54, 1.807) is 0 Å². The van der Waals surface area contributed by atoms with E-state index in [1.807, 2.05) is 0 Å². The lowest BCUT2D eigenvalue weighted by Crippen LogP contribution is -3.00. The van der Waals surface area contributed by atoms with Gasteiger partial charge < -0.3 is 17.0 Å². The zero-order valence-corrected chi connectivity index (χ0v) is 17.5. The van der Waals surface area contributed by atoms with Gasteiger partial charge >= 0.3 is 0 Å². The van der Waals surface area contributed by atoms with Crippen LogP contribution in [0.25, 0.3) is 27.9 Å². The Morgan fingerprint density at radius 1 is 0.621 bits per heavy atom. The monoisotopic (exact) mass is 440 g/mol. The second-order valence-electron chi connectivity index (χ2n) is 6.98. The van der Waals surface area contributed by atoms with Crippen LogP contribution >= 0.6 is 0 Å². The molecule has 0 saturated carbocycles. The van der Waals surface area contributed by atoms with Crippen LogP contribution in [0.1, 0.15) is 5.56 Å². The van der Waals surface area contributed by atoms with Crippen molar-refractivity contribution in [2.24, 2.45) is 0 Å². The van der Waals surface area contributed by atoms with Gasteiger partial charge in [-0.2, -0.15) is 0 Å². The third-order valence-corrected chi connectivity index (χ3v) is 5.16. The Hall–Kier alpha value is -3.17. The van der Waals surface area contributed by atoms with E-state index in [0.29, 0.717) is 0 Å². The van der Waals surface area contributed by atoms with Crippen LogP contribution in [-0.2, 0) is 6.54 Å². The first-order chi connectivity index (χ1) is 13.9. The quantitative estimate of drug-likeness (QED) is 0.379. The van der Waals surface area contributed by atoms with Crippen LogP contribution in [0.3, 0.4) is 0 Å². The molecular weight excluding hydrogens is 420 g/mol. The van der Waals surface area contributed by atoms with Gasteiger partial charge in [-0.1, -0.05) is 91.0 Å². The highest BCUT2D eigenvalue weighted by Crippen LogP contribution is 2.34. The molecule has 3 aromatic carbocycles. The van der Waals surface area contributed by atoms with Crippen LogP contribution < -0.4 is 21.5 Å². The van der Waals surface area contributed by atoms with Crippen molar-refractivity contribution in [3.05, 3.63) is 121 Å². The molecule has 0 aliphatic heterocycles. The number of halogens is 1. The van der Waals surface area contributed by atoms with E-state index in [-0.39, 0.29) is 17.0 Å². The summed E-state index contributed by atoms with van der Waals surface area (Å²) in [6.07, 6.45) is 6.47. The molecule has 142 valence electrons. The van der Waals surface area contributed by atoms with E-state index in [9.17, 15) is 0 Å².